The second kappa shape index (κ2) is 6.08. The number of hydrogen-bond acceptors (Lipinski definition) is 4. The van der Waals surface area contributed by atoms with Gasteiger partial charge in [0.05, 0.1) is 15.7 Å². The summed E-state index contributed by atoms with van der Waals surface area (Å²) in [5, 5.41) is 3.26. The Balaban J connectivity index is 2.28. The van der Waals surface area contributed by atoms with Crippen molar-refractivity contribution in [2.24, 2.45) is 0 Å². The van der Waals surface area contributed by atoms with Gasteiger partial charge in [0.2, 0.25) is 0 Å². The molecule has 0 aliphatic rings. The molecule has 0 bridgehead atoms. The lowest BCUT2D eigenvalue weighted by Gasteiger charge is -2.09. The molecule has 0 aliphatic heterocycles. The van der Waals surface area contributed by atoms with Crippen LogP contribution < -0.4 is 5.32 Å². The zero-order valence-corrected chi connectivity index (χ0v) is 12.6. The van der Waals surface area contributed by atoms with Crippen LogP contribution in [0.1, 0.15) is 24.1 Å². The Kier molecular flexibility index (Phi) is 4.46. The molecule has 18 heavy (non-hydrogen) atoms. The van der Waals surface area contributed by atoms with Crippen LogP contribution in [0.4, 0.5) is 5.82 Å². The van der Waals surface area contributed by atoms with Gasteiger partial charge in [-0.2, -0.15) is 0 Å². The molecular formula is C13H15IN4. The number of nitrogens with one attached hydrogen (secondary N) is 1. The smallest absolute Gasteiger partial charge is 0.143 e. The van der Waals surface area contributed by atoms with Gasteiger partial charge in [-0.1, -0.05) is 6.07 Å². The molecule has 0 fully saturated rings. The topological polar surface area (TPSA) is 50.7 Å². The molecule has 0 aromatic carbocycles. The van der Waals surface area contributed by atoms with Gasteiger partial charge in [-0.3, -0.25) is 4.98 Å². The van der Waals surface area contributed by atoms with Crippen LogP contribution in [0.3, 0.4) is 0 Å². The molecule has 0 aliphatic carbocycles. The molecule has 2 heterocycles. The van der Waals surface area contributed by atoms with Crippen LogP contribution in [-0.2, 0) is 6.42 Å². The van der Waals surface area contributed by atoms with E-state index < -0.39 is 0 Å². The predicted octanol–water partition coefficient (Wildman–Crippen LogP) is 2.81. The summed E-state index contributed by atoms with van der Waals surface area (Å²) >= 11 is 2.27. The second-order valence-corrected chi connectivity index (χ2v) is 4.99. The molecule has 0 amide bonds. The quantitative estimate of drug-likeness (QED) is 0.858. The Hall–Kier alpha value is -1.24. The fourth-order valence-corrected chi connectivity index (χ4v) is 2.08. The number of rotatable bonds is 4. The van der Waals surface area contributed by atoms with E-state index in [9.17, 15) is 0 Å². The monoisotopic (exact) mass is 354 g/mol. The lowest BCUT2D eigenvalue weighted by Crippen LogP contribution is -2.08. The number of pyridine rings is 1. The van der Waals surface area contributed by atoms with Crippen LogP contribution in [0.5, 0.6) is 0 Å². The SMILES string of the molecule is CCNc1nc(Cc2ccccn2)nc(C)c1I. The van der Waals surface area contributed by atoms with Crippen molar-refractivity contribution in [1.82, 2.24) is 15.0 Å². The van der Waals surface area contributed by atoms with Crippen LogP contribution in [0.25, 0.3) is 0 Å². The second-order valence-electron chi connectivity index (χ2n) is 3.92. The third kappa shape index (κ3) is 3.16. The van der Waals surface area contributed by atoms with Gasteiger partial charge in [0.1, 0.15) is 11.6 Å². The first-order chi connectivity index (χ1) is 8.70. The highest BCUT2D eigenvalue weighted by Gasteiger charge is 2.09. The summed E-state index contributed by atoms with van der Waals surface area (Å²) < 4.78 is 1.08. The van der Waals surface area contributed by atoms with Gasteiger partial charge < -0.3 is 5.32 Å². The highest BCUT2D eigenvalue weighted by molar-refractivity contribution is 14.1. The number of nitrogens with zero attached hydrogens (tertiary/aromatic N) is 3. The van der Waals surface area contributed by atoms with Gasteiger partial charge in [-0.25, -0.2) is 9.97 Å². The summed E-state index contributed by atoms with van der Waals surface area (Å²) in [6.07, 6.45) is 2.46. The first-order valence-electron chi connectivity index (χ1n) is 5.87. The molecule has 2 rings (SSSR count). The van der Waals surface area contributed by atoms with Gasteiger partial charge in [0.15, 0.2) is 0 Å². The van der Waals surface area contributed by atoms with E-state index in [0.717, 1.165) is 33.1 Å². The van der Waals surface area contributed by atoms with Crippen LogP contribution in [-0.4, -0.2) is 21.5 Å². The van der Waals surface area contributed by atoms with Gasteiger partial charge >= 0.3 is 0 Å². The van der Waals surface area contributed by atoms with Gasteiger partial charge in [-0.15, -0.1) is 0 Å². The van der Waals surface area contributed by atoms with E-state index in [0.29, 0.717) is 6.42 Å². The molecule has 0 spiro atoms. The normalized spacial score (nSPS) is 10.4. The lowest BCUT2D eigenvalue weighted by molar-refractivity contribution is 0.907. The molecule has 4 nitrogen and oxygen atoms in total. The van der Waals surface area contributed by atoms with Gasteiger partial charge in [0, 0.05) is 18.4 Å². The molecule has 1 N–H and O–H groups in total. The Labute approximate surface area is 120 Å². The van der Waals surface area contributed by atoms with E-state index in [4.69, 9.17) is 0 Å². The lowest BCUT2D eigenvalue weighted by atomic mass is 10.2. The summed E-state index contributed by atoms with van der Waals surface area (Å²) in [5.74, 6) is 1.72. The third-order valence-electron chi connectivity index (χ3n) is 2.47. The van der Waals surface area contributed by atoms with Gasteiger partial charge in [-0.05, 0) is 48.6 Å². The van der Waals surface area contributed by atoms with E-state index in [1.807, 2.05) is 25.1 Å². The molecular weight excluding hydrogens is 339 g/mol. The Bertz CT molecular complexity index is 528. The van der Waals surface area contributed by atoms with E-state index in [1.165, 1.54) is 0 Å². The van der Waals surface area contributed by atoms with Crippen LogP contribution in [0.2, 0.25) is 0 Å². The molecule has 0 unspecified atom stereocenters. The number of anilines is 1. The fourth-order valence-electron chi connectivity index (χ4n) is 1.65. The van der Waals surface area contributed by atoms with Crippen molar-refractivity contribution >= 4 is 28.4 Å². The van der Waals surface area contributed by atoms with Crippen molar-refractivity contribution in [1.29, 1.82) is 0 Å². The highest BCUT2D eigenvalue weighted by Crippen LogP contribution is 2.19. The number of halogens is 1. The van der Waals surface area contributed by atoms with E-state index >= 15 is 0 Å². The van der Waals surface area contributed by atoms with E-state index in [1.54, 1.807) is 6.20 Å². The average Bonchev–Trinajstić information content (AvgIpc) is 2.37. The van der Waals surface area contributed by atoms with Crippen molar-refractivity contribution in [3.8, 4) is 0 Å². The summed E-state index contributed by atoms with van der Waals surface area (Å²) in [4.78, 5) is 13.4. The molecule has 0 saturated carbocycles. The summed E-state index contributed by atoms with van der Waals surface area (Å²) in [7, 11) is 0. The molecule has 94 valence electrons. The first-order valence-corrected chi connectivity index (χ1v) is 6.95. The van der Waals surface area contributed by atoms with Crippen LogP contribution in [0, 0.1) is 10.5 Å². The maximum absolute atomic E-state index is 4.55. The fraction of sp³-hybridized carbons (Fsp3) is 0.308. The Morgan fingerprint density at radius 1 is 1.28 bits per heavy atom. The zero-order valence-electron chi connectivity index (χ0n) is 10.4. The average molecular weight is 354 g/mol. The minimum absolute atomic E-state index is 0.664. The predicted molar refractivity (Wildman–Crippen MR) is 80.7 cm³/mol. The first kappa shape index (κ1) is 13.2. The standard InChI is InChI=1S/C13H15IN4/c1-3-15-13-12(14)9(2)17-11(18-13)8-10-6-4-5-7-16-10/h4-7H,3,8H2,1-2H3,(H,15,17,18). The van der Waals surface area contributed by atoms with E-state index in [-0.39, 0.29) is 0 Å². The Morgan fingerprint density at radius 3 is 2.78 bits per heavy atom. The van der Waals surface area contributed by atoms with Crippen molar-refractivity contribution in [3.63, 3.8) is 0 Å². The molecule has 0 radical (unpaired) electrons. The molecule has 2 aromatic heterocycles. The van der Waals surface area contributed by atoms with Gasteiger partial charge in [0.25, 0.3) is 0 Å². The molecule has 0 atom stereocenters. The molecule has 2 aromatic rings. The summed E-state index contributed by atoms with van der Waals surface area (Å²) in [5.41, 5.74) is 1.99. The number of hydrogen-bond donors (Lipinski definition) is 1. The van der Waals surface area contributed by atoms with Crippen LogP contribution >= 0.6 is 22.6 Å². The van der Waals surface area contributed by atoms with Crippen molar-refractivity contribution in [3.05, 3.63) is 45.2 Å². The van der Waals surface area contributed by atoms with Crippen molar-refractivity contribution in [2.75, 3.05) is 11.9 Å². The summed E-state index contributed by atoms with van der Waals surface area (Å²) in [6.45, 7) is 4.92. The third-order valence-corrected chi connectivity index (χ3v) is 3.76. The zero-order chi connectivity index (χ0) is 13.0. The maximum atomic E-state index is 4.55. The largest absolute Gasteiger partial charge is 0.369 e. The minimum Gasteiger partial charge on any atom is -0.369 e. The van der Waals surface area contributed by atoms with Crippen molar-refractivity contribution in [2.45, 2.75) is 20.3 Å². The van der Waals surface area contributed by atoms with Crippen LogP contribution in [0.15, 0.2) is 24.4 Å². The maximum Gasteiger partial charge on any atom is 0.143 e. The molecule has 5 heteroatoms. The summed E-state index contributed by atoms with van der Waals surface area (Å²) in [6, 6.07) is 5.88. The minimum atomic E-state index is 0.664. The van der Waals surface area contributed by atoms with Crippen molar-refractivity contribution < 1.29 is 0 Å². The highest BCUT2D eigenvalue weighted by atomic mass is 127. The number of aryl methyl sites for hydroxylation is 1. The van der Waals surface area contributed by atoms with E-state index in [2.05, 4.69) is 49.8 Å². The Morgan fingerprint density at radius 2 is 2.11 bits per heavy atom. The molecule has 0 saturated heterocycles. The number of aromatic nitrogens is 3.